The first-order chi connectivity index (χ1) is 14.3. The van der Waals surface area contributed by atoms with Crippen LogP contribution in [0.1, 0.15) is 21.8 Å². The van der Waals surface area contributed by atoms with Gasteiger partial charge < -0.3 is 0 Å². The van der Waals surface area contributed by atoms with Crippen molar-refractivity contribution in [3.63, 3.8) is 0 Å². The Morgan fingerprint density at radius 3 is 1.45 bits per heavy atom. The summed E-state index contributed by atoms with van der Waals surface area (Å²) >= 11 is 0. The van der Waals surface area contributed by atoms with E-state index in [-0.39, 0.29) is 11.8 Å². The van der Waals surface area contributed by atoms with Crippen LogP contribution < -0.4 is 15.9 Å². The first-order valence-corrected chi connectivity index (χ1v) is 11.9. The van der Waals surface area contributed by atoms with Gasteiger partial charge in [0.15, 0.2) is 0 Å². The van der Waals surface area contributed by atoms with Crippen molar-refractivity contribution in [2.75, 3.05) is 0 Å². The van der Waals surface area contributed by atoms with E-state index < -0.39 is 7.26 Å². The molecule has 0 fully saturated rings. The fraction of sp³-hybridized carbons (Fsp3) is 0.0385. The molecule has 5 rings (SSSR count). The molecule has 4 aromatic carbocycles. The van der Waals surface area contributed by atoms with Gasteiger partial charge in [0.25, 0.3) is 0 Å². The summed E-state index contributed by atoms with van der Waals surface area (Å²) in [6.45, 7) is 0. The molecule has 0 radical (unpaired) electrons. The molecule has 29 heavy (non-hydrogen) atoms. The van der Waals surface area contributed by atoms with E-state index in [0.29, 0.717) is 5.56 Å². The first-order valence-electron chi connectivity index (χ1n) is 9.78. The summed E-state index contributed by atoms with van der Waals surface area (Å²) in [5, 5.41) is 3.69. The Kier molecular flexibility index (Phi) is 4.50. The van der Waals surface area contributed by atoms with Gasteiger partial charge in [0.1, 0.15) is 0 Å². The number of esters is 1. The second kappa shape index (κ2) is 7.31. The van der Waals surface area contributed by atoms with E-state index in [0.717, 1.165) is 5.56 Å². The molecule has 0 amide bonds. The summed E-state index contributed by atoms with van der Waals surface area (Å²) in [7, 11) is -2.73. The molecule has 1 heterocycles. The monoisotopic (exact) mass is 396 g/mol. The molecule has 0 spiro atoms. The van der Waals surface area contributed by atoms with Gasteiger partial charge in [-0.2, -0.15) is 0 Å². The molecule has 1 unspecified atom stereocenters. The molecule has 0 aliphatic carbocycles. The zero-order chi connectivity index (χ0) is 19.7. The fourth-order valence-electron chi connectivity index (χ4n) is 4.52. The van der Waals surface area contributed by atoms with Crippen LogP contribution in [0, 0.1) is 0 Å². The van der Waals surface area contributed by atoms with Crippen LogP contribution in [0.3, 0.4) is 0 Å². The predicted molar refractivity (Wildman–Crippen MR) is 121 cm³/mol. The predicted octanol–water partition coefficient (Wildman–Crippen LogP) is 4.58. The number of rotatable bonds is 4. The van der Waals surface area contributed by atoms with Crippen LogP contribution in [0.4, 0.5) is 0 Å². The first kappa shape index (κ1) is 17.8. The molecule has 142 valence electrons. The Hall–Kier alpha value is -3.22. The van der Waals surface area contributed by atoms with Gasteiger partial charge in [-0.1, -0.05) is 0 Å². The van der Waals surface area contributed by atoms with Crippen molar-refractivity contribution < 1.29 is 9.53 Å². The number of carbonyl (C=O) groups is 1. The Labute approximate surface area is 171 Å². The van der Waals surface area contributed by atoms with Gasteiger partial charge in [-0.15, -0.1) is 0 Å². The molecule has 3 heteroatoms. The second-order valence-corrected chi connectivity index (χ2v) is 11.2. The van der Waals surface area contributed by atoms with Crippen LogP contribution in [0.2, 0.25) is 0 Å². The molecule has 1 aliphatic heterocycles. The SMILES string of the molecule is O=C1OC([PH](c2ccccc2)(c2ccccc2)c2ccccc2)c2ccccc21. The van der Waals surface area contributed by atoms with E-state index in [9.17, 15) is 4.79 Å². The van der Waals surface area contributed by atoms with Crippen LogP contribution in [0.5, 0.6) is 0 Å². The summed E-state index contributed by atoms with van der Waals surface area (Å²) < 4.78 is 6.18. The van der Waals surface area contributed by atoms with Crippen LogP contribution in [0.15, 0.2) is 115 Å². The summed E-state index contributed by atoms with van der Waals surface area (Å²) in [4.78, 5) is 12.8. The Balaban J connectivity index is 1.89. The van der Waals surface area contributed by atoms with Crippen molar-refractivity contribution >= 4 is 29.1 Å². The summed E-state index contributed by atoms with van der Waals surface area (Å²) in [6.07, 6.45) is 0. The quantitative estimate of drug-likeness (QED) is 0.373. The van der Waals surface area contributed by atoms with Gasteiger partial charge >= 0.3 is 171 Å². The van der Waals surface area contributed by atoms with E-state index in [1.165, 1.54) is 15.9 Å². The van der Waals surface area contributed by atoms with Crippen LogP contribution in [-0.4, -0.2) is 5.97 Å². The van der Waals surface area contributed by atoms with Crippen molar-refractivity contribution in [1.29, 1.82) is 0 Å². The number of hydrogen-bond acceptors (Lipinski definition) is 2. The zero-order valence-electron chi connectivity index (χ0n) is 15.9. The summed E-state index contributed by atoms with van der Waals surface area (Å²) in [6, 6.07) is 39.5. The standard InChI is InChI=1S/C26H21O2P/c27-25-23-18-10-11-19-24(23)26(28-25)29(20-12-4-1-5-13-20,21-14-6-2-7-15-21)22-16-8-3-9-17-22/h1-19,26,29H. The number of hydrogen-bond donors (Lipinski definition) is 0. The van der Waals surface area contributed by atoms with Gasteiger partial charge in [0.05, 0.1) is 0 Å². The molecule has 0 saturated carbocycles. The molecule has 0 bridgehead atoms. The van der Waals surface area contributed by atoms with E-state index >= 15 is 0 Å². The number of fused-ring (bicyclic) bond motifs is 1. The molecule has 1 atom stereocenters. The molecule has 1 aliphatic rings. The fourth-order valence-corrected chi connectivity index (χ4v) is 9.59. The Morgan fingerprint density at radius 1 is 0.552 bits per heavy atom. The maximum absolute atomic E-state index is 12.8. The van der Waals surface area contributed by atoms with Crippen molar-refractivity contribution in [2.24, 2.45) is 0 Å². The van der Waals surface area contributed by atoms with Gasteiger partial charge in [-0.05, 0) is 0 Å². The number of carbonyl (C=O) groups excluding carboxylic acids is 1. The van der Waals surface area contributed by atoms with Crippen molar-refractivity contribution in [3.05, 3.63) is 126 Å². The molecule has 0 N–H and O–H groups in total. The molecule has 2 nitrogen and oxygen atoms in total. The van der Waals surface area contributed by atoms with Gasteiger partial charge in [-0.3, -0.25) is 0 Å². The third kappa shape index (κ3) is 2.80. The topological polar surface area (TPSA) is 26.3 Å². The average Bonchev–Trinajstić information content (AvgIpc) is 3.14. The third-order valence-corrected chi connectivity index (χ3v) is 10.7. The van der Waals surface area contributed by atoms with E-state index in [1.54, 1.807) is 0 Å². The van der Waals surface area contributed by atoms with Crippen molar-refractivity contribution in [1.82, 2.24) is 0 Å². The Bertz CT molecular complexity index is 1040. The van der Waals surface area contributed by atoms with Gasteiger partial charge in [0.2, 0.25) is 0 Å². The van der Waals surface area contributed by atoms with E-state index in [2.05, 4.69) is 72.8 Å². The van der Waals surface area contributed by atoms with E-state index in [1.807, 2.05) is 42.5 Å². The third-order valence-electron chi connectivity index (χ3n) is 5.77. The maximum atomic E-state index is 12.8. The molecule has 0 saturated heterocycles. The van der Waals surface area contributed by atoms with Crippen LogP contribution in [-0.2, 0) is 4.74 Å². The molecular formula is C26H21O2P. The van der Waals surface area contributed by atoms with Crippen LogP contribution in [0.25, 0.3) is 0 Å². The number of benzene rings is 4. The van der Waals surface area contributed by atoms with Crippen molar-refractivity contribution in [2.45, 2.75) is 5.85 Å². The normalized spacial score (nSPS) is 16.1. The summed E-state index contributed by atoms with van der Waals surface area (Å²) in [5.41, 5.74) is 1.66. The summed E-state index contributed by atoms with van der Waals surface area (Å²) in [5.74, 6) is -0.552. The van der Waals surface area contributed by atoms with E-state index in [4.69, 9.17) is 4.74 Å². The van der Waals surface area contributed by atoms with Gasteiger partial charge in [-0.25, -0.2) is 0 Å². The van der Waals surface area contributed by atoms with Gasteiger partial charge in [0, 0.05) is 0 Å². The molecule has 0 aromatic heterocycles. The zero-order valence-corrected chi connectivity index (χ0v) is 16.9. The number of ether oxygens (including phenoxy) is 1. The van der Waals surface area contributed by atoms with Crippen LogP contribution >= 0.6 is 7.26 Å². The molecular weight excluding hydrogens is 375 g/mol. The minimum atomic E-state index is -2.73. The minimum absolute atomic E-state index is 0.231. The Morgan fingerprint density at radius 2 is 0.966 bits per heavy atom. The average molecular weight is 396 g/mol. The number of cyclic esters (lactones) is 1. The molecule has 4 aromatic rings. The van der Waals surface area contributed by atoms with Crippen molar-refractivity contribution in [3.8, 4) is 0 Å². The second-order valence-electron chi connectivity index (χ2n) is 7.28.